The topological polar surface area (TPSA) is 73.8 Å². The van der Waals surface area contributed by atoms with Crippen molar-refractivity contribution in [1.29, 1.82) is 0 Å². The third kappa shape index (κ3) is 2.08. The van der Waals surface area contributed by atoms with E-state index in [4.69, 9.17) is 5.73 Å². The van der Waals surface area contributed by atoms with Crippen molar-refractivity contribution >= 4 is 5.91 Å². The Kier molecular flexibility index (Phi) is 2.68. The van der Waals surface area contributed by atoms with Gasteiger partial charge >= 0.3 is 0 Å². The summed E-state index contributed by atoms with van der Waals surface area (Å²) in [5.41, 5.74) is 7.47. The molecule has 2 aromatic heterocycles. The number of aromatic nitrogens is 3. The van der Waals surface area contributed by atoms with E-state index in [-0.39, 0.29) is 0 Å². The maximum Gasteiger partial charge on any atom is 0.249 e. The van der Waals surface area contributed by atoms with Gasteiger partial charge in [-0.2, -0.15) is 0 Å². The van der Waals surface area contributed by atoms with E-state index >= 15 is 0 Å². The molecular formula is C11H12N4O. The predicted octanol–water partition coefficient (Wildman–Crippen LogP) is 0.505. The average Bonchev–Trinajstić information content (AvgIpc) is 2.64. The smallest absolute Gasteiger partial charge is 0.249 e. The molecule has 2 N–H and O–H groups in total. The van der Waals surface area contributed by atoms with Gasteiger partial charge in [-0.15, -0.1) is 0 Å². The number of amides is 1. The summed E-state index contributed by atoms with van der Waals surface area (Å²) in [5, 5.41) is 0. The largest absolute Gasteiger partial charge is 0.366 e. The number of aryl methyl sites for hydroxylation is 1. The van der Waals surface area contributed by atoms with Crippen LogP contribution >= 0.6 is 0 Å². The number of hydrogen-bond acceptors (Lipinski definition) is 3. The van der Waals surface area contributed by atoms with Gasteiger partial charge in [0, 0.05) is 37.6 Å². The monoisotopic (exact) mass is 216 g/mol. The van der Waals surface area contributed by atoms with Gasteiger partial charge in [0.05, 0.1) is 12.0 Å². The Bertz CT molecular complexity index is 518. The molecule has 0 spiro atoms. The fourth-order valence-corrected chi connectivity index (χ4v) is 1.56. The van der Waals surface area contributed by atoms with Crippen LogP contribution in [0.15, 0.2) is 31.0 Å². The molecule has 0 aliphatic heterocycles. The molecule has 0 bridgehead atoms. The lowest BCUT2D eigenvalue weighted by atomic mass is 10.1. The van der Waals surface area contributed by atoms with E-state index in [1.54, 1.807) is 24.8 Å². The van der Waals surface area contributed by atoms with Crippen LogP contribution in [0.1, 0.15) is 21.6 Å². The number of carbonyl (C=O) groups is 1. The van der Waals surface area contributed by atoms with Gasteiger partial charge in [-0.25, -0.2) is 4.98 Å². The van der Waals surface area contributed by atoms with Crippen molar-refractivity contribution < 1.29 is 4.79 Å². The van der Waals surface area contributed by atoms with E-state index in [1.165, 1.54) is 0 Å². The van der Waals surface area contributed by atoms with Gasteiger partial charge in [0.25, 0.3) is 0 Å². The Balaban J connectivity index is 2.31. The van der Waals surface area contributed by atoms with Crippen LogP contribution in [0.3, 0.4) is 0 Å². The lowest BCUT2D eigenvalue weighted by Gasteiger charge is -2.03. The summed E-state index contributed by atoms with van der Waals surface area (Å²) in [5.74, 6) is -0.437. The highest BCUT2D eigenvalue weighted by Crippen LogP contribution is 2.11. The SMILES string of the molecule is Cn1cnc(Cc2cnccc2C(N)=O)c1. The van der Waals surface area contributed by atoms with Crippen molar-refractivity contribution in [3.05, 3.63) is 47.8 Å². The van der Waals surface area contributed by atoms with Gasteiger partial charge in [-0.05, 0) is 11.6 Å². The summed E-state index contributed by atoms with van der Waals surface area (Å²) in [4.78, 5) is 19.4. The van der Waals surface area contributed by atoms with E-state index in [2.05, 4.69) is 9.97 Å². The summed E-state index contributed by atoms with van der Waals surface area (Å²) in [7, 11) is 1.90. The zero-order valence-electron chi connectivity index (χ0n) is 8.92. The maximum absolute atomic E-state index is 11.2. The van der Waals surface area contributed by atoms with Crippen molar-refractivity contribution in [1.82, 2.24) is 14.5 Å². The molecule has 0 aliphatic carbocycles. The molecule has 82 valence electrons. The number of carbonyl (C=O) groups excluding carboxylic acids is 1. The first-order chi connectivity index (χ1) is 7.66. The second-order valence-corrected chi connectivity index (χ2v) is 3.60. The van der Waals surface area contributed by atoms with Crippen LogP contribution < -0.4 is 5.73 Å². The second-order valence-electron chi connectivity index (χ2n) is 3.60. The molecule has 1 amide bonds. The molecule has 0 atom stereocenters. The predicted molar refractivity (Wildman–Crippen MR) is 58.8 cm³/mol. The van der Waals surface area contributed by atoms with Crippen molar-refractivity contribution in [3.8, 4) is 0 Å². The van der Waals surface area contributed by atoms with Gasteiger partial charge in [-0.3, -0.25) is 9.78 Å². The number of pyridine rings is 1. The number of rotatable bonds is 3. The summed E-state index contributed by atoms with van der Waals surface area (Å²) in [6.07, 6.45) is 7.39. The third-order valence-corrected chi connectivity index (χ3v) is 2.30. The lowest BCUT2D eigenvalue weighted by Crippen LogP contribution is -2.14. The molecule has 2 heterocycles. The number of imidazole rings is 1. The molecule has 2 rings (SSSR count). The zero-order chi connectivity index (χ0) is 11.5. The van der Waals surface area contributed by atoms with E-state index < -0.39 is 5.91 Å². The van der Waals surface area contributed by atoms with E-state index in [0.29, 0.717) is 12.0 Å². The van der Waals surface area contributed by atoms with Gasteiger partial charge in [-0.1, -0.05) is 0 Å². The molecule has 0 saturated carbocycles. The van der Waals surface area contributed by atoms with Gasteiger partial charge in [0.2, 0.25) is 5.91 Å². The first-order valence-electron chi connectivity index (χ1n) is 4.86. The van der Waals surface area contributed by atoms with Crippen molar-refractivity contribution in [3.63, 3.8) is 0 Å². The summed E-state index contributed by atoms with van der Waals surface area (Å²) in [6, 6.07) is 1.63. The molecule has 0 unspecified atom stereocenters. The number of nitrogens with two attached hydrogens (primary N) is 1. The minimum atomic E-state index is -0.437. The highest BCUT2D eigenvalue weighted by molar-refractivity contribution is 5.94. The van der Waals surface area contributed by atoms with Crippen molar-refractivity contribution in [2.45, 2.75) is 6.42 Å². The Labute approximate surface area is 92.9 Å². The second kappa shape index (κ2) is 4.14. The normalized spacial score (nSPS) is 10.3. The summed E-state index contributed by atoms with van der Waals surface area (Å²) >= 11 is 0. The molecular weight excluding hydrogens is 204 g/mol. The summed E-state index contributed by atoms with van der Waals surface area (Å²) < 4.78 is 1.86. The molecule has 5 nitrogen and oxygen atoms in total. The number of nitrogens with zero attached hydrogens (tertiary/aromatic N) is 3. The molecule has 16 heavy (non-hydrogen) atoms. The van der Waals surface area contributed by atoms with Crippen LogP contribution in [0, 0.1) is 0 Å². The highest BCUT2D eigenvalue weighted by Gasteiger charge is 2.09. The molecule has 5 heteroatoms. The fraction of sp³-hybridized carbons (Fsp3) is 0.182. The van der Waals surface area contributed by atoms with E-state index in [9.17, 15) is 4.79 Å². The van der Waals surface area contributed by atoms with Crippen LogP contribution in [0.2, 0.25) is 0 Å². The Hall–Kier alpha value is -2.17. The van der Waals surface area contributed by atoms with Gasteiger partial charge < -0.3 is 10.3 Å². The lowest BCUT2D eigenvalue weighted by molar-refractivity contribution is 0.0999. The minimum Gasteiger partial charge on any atom is -0.366 e. The zero-order valence-corrected chi connectivity index (χ0v) is 8.92. The third-order valence-electron chi connectivity index (χ3n) is 2.30. The molecule has 0 aromatic carbocycles. The van der Waals surface area contributed by atoms with Crippen LogP contribution in [-0.4, -0.2) is 20.4 Å². The van der Waals surface area contributed by atoms with Crippen LogP contribution in [-0.2, 0) is 13.5 Å². The molecule has 0 radical (unpaired) electrons. The van der Waals surface area contributed by atoms with E-state index in [0.717, 1.165) is 11.3 Å². The average molecular weight is 216 g/mol. The molecule has 0 aliphatic rings. The van der Waals surface area contributed by atoms with Gasteiger partial charge in [0.1, 0.15) is 0 Å². The maximum atomic E-state index is 11.2. The fourth-order valence-electron chi connectivity index (χ4n) is 1.56. The van der Waals surface area contributed by atoms with Crippen LogP contribution in [0.4, 0.5) is 0 Å². The van der Waals surface area contributed by atoms with Crippen LogP contribution in [0.25, 0.3) is 0 Å². The number of primary amides is 1. The van der Waals surface area contributed by atoms with Crippen molar-refractivity contribution in [2.24, 2.45) is 12.8 Å². The highest BCUT2D eigenvalue weighted by atomic mass is 16.1. The minimum absolute atomic E-state index is 0.437. The summed E-state index contributed by atoms with van der Waals surface area (Å²) in [6.45, 7) is 0. The first-order valence-corrected chi connectivity index (χ1v) is 4.86. The molecule has 2 aromatic rings. The Morgan fingerprint density at radius 2 is 2.38 bits per heavy atom. The first kappa shape index (κ1) is 10.4. The Morgan fingerprint density at radius 1 is 1.56 bits per heavy atom. The van der Waals surface area contributed by atoms with Crippen LogP contribution in [0.5, 0.6) is 0 Å². The van der Waals surface area contributed by atoms with Gasteiger partial charge in [0.15, 0.2) is 0 Å². The van der Waals surface area contributed by atoms with E-state index in [1.807, 2.05) is 17.8 Å². The number of hydrogen-bond donors (Lipinski definition) is 1. The standard InChI is InChI=1S/C11H12N4O/c1-15-6-9(14-7-15)4-8-5-13-3-2-10(8)11(12)16/h2-3,5-7H,4H2,1H3,(H2,12,16). The molecule has 0 saturated heterocycles. The Morgan fingerprint density at radius 3 is 3.00 bits per heavy atom. The van der Waals surface area contributed by atoms with Crippen molar-refractivity contribution in [2.75, 3.05) is 0 Å². The molecule has 0 fully saturated rings. The quantitative estimate of drug-likeness (QED) is 0.812.